The summed E-state index contributed by atoms with van der Waals surface area (Å²) in [6.07, 6.45) is 3.80. The van der Waals surface area contributed by atoms with E-state index in [-0.39, 0.29) is 12.2 Å². The number of fused-ring (bicyclic) bond motifs is 3. The van der Waals surface area contributed by atoms with Gasteiger partial charge in [-0.1, -0.05) is 72.0 Å². The third-order valence-electron chi connectivity index (χ3n) is 6.54. The number of ether oxygens (including phenoxy) is 1. The van der Waals surface area contributed by atoms with Crippen molar-refractivity contribution in [3.8, 4) is 0 Å². The van der Waals surface area contributed by atoms with Crippen LogP contribution in [-0.4, -0.2) is 22.1 Å². The fraction of sp³-hybridized carbons (Fsp3) is 0.138. The molecule has 3 aromatic carbocycles. The molecule has 0 fully saturated rings. The fourth-order valence-corrected chi connectivity index (χ4v) is 5.97. The van der Waals surface area contributed by atoms with Gasteiger partial charge < -0.3 is 9.72 Å². The summed E-state index contributed by atoms with van der Waals surface area (Å²) < 4.78 is 7.63. The van der Waals surface area contributed by atoms with Gasteiger partial charge in [-0.3, -0.25) is 9.36 Å². The first-order valence-corrected chi connectivity index (χ1v) is 12.6. The number of para-hydroxylation sites is 1. The van der Waals surface area contributed by atoms with Crippen molar-refractivity contribution in [3.05, 3.63) is 115 Å². The second-order valence-corrected chi connectivity index (χ2v) is 9.67. The number of thiazole rings is 1. The van der Waals surface area contributed by atoms with Crippen molar-refractivity contribution in [1.82, 2.24) is 9.55 Å². The quantitative estimate of drug-likeness (QED) is 0.376. The minimum Gasteiger partial charge on any atom is -0.463 e. The number of aromatic amines is 1. The van der Waals surface area contributed by atoms with E-state index in [2.05, 4.69) is 4.98 Å². The van der Waals surface area contributed by atoms with E-state index in [1.807, 2.05) is 79.0 Å². The first kappa shape index (κ1) is 22.2. The van der Waals surface area contributed by atoms with E-state index >= 15 is 0 Å². The topological polar surface area (TPSA) is 76.4 Å². The van der Waals surface area contributed by atoms with Crippen molar-refractivity contribution in [2.75, 3.05) is 6.61 Å². The summed E-state index contributed by atoms with van der Waals surface area (Å²) in [6, 6.07) is 21.3. The van der Waals surface area contributed by atoms with E-state index in [9.17, 15) is 9.59 Å². The number of benzene rings is 3. The predicted molar refractivity (Wildman–Crippen MR) is 143 cm³/mol. The zero-order chi connectivity index (χ0) is 24.8. The van der Waals surface area contributed by atoms with E-state index in [0.717, 1.165) is 32.8 Å². The molecule has 1 aliphatic rings. The van der Waals surface area contributed by atoms with Gasteiger partial charge in [0.15, 0.2) is 4.80 Å². The molecule has 3 heterocycles. The van der Waals surface area contributed by atoms with E-state index in [4.69, 9.17) is 9.73 Å². The first-order chi connectivity index (χ1) is 17.6. The molecular weight excluding hydrogens is 470 g/mol. The summed E-state index contributed by atoms with van der Waals surface area (Å²) in [5.74, 6) is -0.456. The standard InChI is InChI=1S/C29H23N3O3S/c1-3-35-28(34)25-17(2)31-29-32(26(25)22-13-8-10-18-9-4-5-11-20(18)22)27(33)24(36-29)15-19-16-30-23-14-7-6-12-21(19)23/h4-16,26,30H,3H2,1-2H3/b24-15-/t26-/m0/s1. The Kier molecular flexibility index (Phi) is 5.42. The number of esters is 1. The molecule has 0 aliphatic carbocycles. The van der Waals surface area contributed by atoms with Crippen molar-refractivity contribution < 1.29 is 9.53 Å². The summed E-state index contributed by atoms with van der Waals surface area (Å²) in [6.45, 7) is 3.82. The molecule has 1 atom stereocenters. The van der Waals surface area contributed by atoms with Crippen LogP contribution in [0, 0.1) is 0 Å². The van der Waals surface area contributed by atoms with Gasteiger partial charge in [-0.25, -0.2) is 9.79 Å². The van der Waals surface area contributed by atoms with Crippen LogP contribution in [0.2, 0.25) is 0 Å². The van der Waals surface area contributed by atoms with Crippen LogP contribution in [0.3, 0.4) is 0 Å². The van der Waals surface area contributed by atoms with Gasteiger partial charge in [0.1, 0.15) is 0 Å². The van der Waals surface area contributed by atoms with Gasteiger partial charge in [0.25, 0.3) is 5.56 Å². The summed E-state index contributed by atoms with van der Waals surface area (Å²) in [4.78, 5) is 35.6. The van der Waals surface area contributed by atoms with Crippen molar-refractivity contribution in [3.63, 3.8) is 0 Å². The van der Waals surface area contributed by atoms with Crippen molar-refractivity contribution in [2.24, 2.45) is 4.99 Å². The Morgan fingerprint density at radius 2 is 1.83 bits per heavy atom. The molecule has 0 amide bonds. The van der Waals surface area contributed by atoms with E-state index in [1.54, 1.807) is 18.4 Å². The molecule has 0 unspecified atom stereocenters. The maximum atomic E-state index is 13.9. The molecule has 1 aliphatic heterocycles. The average molecular weight is 494 g/mol. The zero-order valence-electron chi connectivity index (χ0n) is 19.8. The van der Waals surface area contributed by atoms with Gasteiger partial charge in [0.05, 0.1) is 28.5 Å². The molecule has 7 heteroatoms. The Hall–Kier alpha value is -4.23. The molecule has 178 valence electrons. The first-order valence-electron chi connectivity index (χ1n) is 11.8. The lowest BCUT2D eigenvalue weighted by atomic mass is 9.91. The Morgan fingerprint density at radius 3 is 2.67 bits per heavy atom. The summed E-state index contributed by atoms with van der Waals surface area (Å²) in [5, 5.41) is 3.05. The van der Waals surface area contributed by atoms with Gasteiger partial charge >= 0.3 is 5.97 Å². The van der Waals surface area contributed by atoms with Crippen LogP contribution in [0.4, 0.5) is 0 Å². The number of hydrogen-bond donors (Lipinski definition) is 1. The van der Waals surface area contributed by atoms with E-state index in [1.165, 1.54) is 11.3 Å². The number of rotatable bonds is 4. The lowest BCUT2D eigenvalue weighted by Crippen LogP contribution is -2.40. The number of hydrogen-bond acceptors (Lipinski definition) is 5. The highest BCUT2D eigenvalue weighted by Gasteiger charge is 2.34. The summed E-state index contributed by atoms with van der Waals surface area (Å²) >= 11 is 1.33. The van der Waals surface area contributed by atoms with Crippen LogP contribution >= 0.6 is 11.3 Å². The van der Waals surface area contributed by atoms with Gasteiger partial charge in [0, 0.05) is 22.7 Å². The van der Waals surface area contributed by atoms with Crippen LogP contribution in [0.1, 0.15) is 31.0 Å². The molecule has 5 aromatic rings. The normalized spacial score (nSPS) is 15.8. The summed E-state index contributed by atoms with van der Waals surface area (Å²) in [5.41, 5.74) is 3.57. The monoisotopic (exact) mass is 493 g/mol. The third-order valence-corrected chi connectivity index (χ3v) is 7.53. The number of carbonyl (C=O) groups is 1. The smallest absolute Gasteiger partial charge is 0.338 e. The molecule has 6 rings (SSSR count). The van der Waals surface area contributed by atoms with Gasteiger partial charge in [-0.05, 0) is 42.3 Å². The molecular formula is C29H23N3O3S. The van der Waals surface area contributed by atoms with Crippen LogP contribution in [-0.2, 0) is 9.53 Å². The van der Waals surface area contributed by atoms with Crippen LogP contribution in [0.25, 0.3) is 27.8 Å². The zero-order valence-corrected chi connectivity index (χ0v) is 20.6. The molecule has 0 bridgehead atoms. The van der Waals surface area contributed by atoms with Gasteiger partial charge in [0.2, 0.25) is 0 Å². The second kappa shape index (κ2) is 8.77. The van der Waals surface area contributed by atoms with E-state index in [0.29, 0.717) is 20.6 Å². The molecule has 0 radical (unpaired) electrons. The van der Waals surface area contributed by atoms with Crippen LogP contribution < -0.4 is 14.9 Å². The molecule has 36 heavy (non-hydrogen) atoms. The average Bonchev–Trinajstić information content (AvgIpc) is 3.43. The molecule has 0 spiro atoms. The molecule has 0 saturated carbocycles. The van der Waals surface area contributed by atoms with Gasteiger partial charge in [-0.2, -0.15) is 0 Å². The Labute approximate surface area is 210 Å². The Balaban J connectivity index is 1.63. The van der Waals surface area contributed by atoms with Crippen molar-refractivity contribution in [1.29, 1.82) is 0 Å². The highest BCUT2D eigenvalue weighted by molar-refractivity contribution is 7.07. The highest BCUT2D eigenvalue weighted by atomic mass is 32.1. The number of allylic oxidation sites excluding steroid dienone is 1. The fourth-order valence-electron chi connectivity index (χ4n) is 4.93. The number of nitrogens with zero attached hydrogens (tertiary/aromatic N) is 2. The SMILES string of the molecule is CCOC(=O)C1=C(C)N=c2s/c(=C\c3c[nH]c4ccccc34)c(=O)n2[C@H]1c1cccc2ccccc12. The largest absolute Gasteiger partial charge is 0.463 e. The van der Waals surface area contributed by atoms with E-state index < -0.39 is 12.0 Å². The highest BCUT2D eigenvalue weighted by Crippen LogP contribution is 2.34. The minimum absolute atomic E-state index is 0.184. The van der Waals surface area contributed by atoms with Crippen molar-refractivity contribution in [2.45, 2.75) is 19.9 Å². The number of aromatic nitrogens is 2. The second-order valence-electron chi connectivity index (χ2n) is 8.66. The lowest BCUT2D eigenvalue weighted by molar-refractivity contribution is -0.139. The number of carbonyl (C=O) groups excluding carboxylic acids is 1. The molecule has 2 aromatic heterocycles. The van der Waals surface area contributed by atoms with Crippen LogP contribution in [0.5, 0.6) is 0 Å². The maximum absolute atomic E-state index is 13.9. The molecule has 0 saturated heterocycles. The molecule has 6 nitrogen and oxygen atoms in total. The Morgan fingerprint density at radius 1 is 1.08 bits per heavy atom. The summed E-state index contributed by atoms with van der Waals surface area (Å²) in [7, 11) is 0. The van der Waals surface area contributed by atoms with Crippen LogP contribution in [0.15, 0.2) is 94.0 Å². The van der Waals surface area contributed by atoms with Crippen molar-refractivity contribution >= 4 is 45.1 Å². The minimum atomic E-state index is -0.642. The maximum Gasteiger partial charge on any atom is 0.338 e. The molecule has 1 N–H and O–H groups in total. The lowest BCUT2D eigenvalue weighted by Gasteiger charge is -2.25. The predicted octanol–water partition coefficient (Wildman–Crippen LogP) is 4.43. The third kappa shape index (κ3) is 3.51. The number of nitrogens with one attached hydrogen (secondary N) is 1. The number of H-pyrrole nitrogens is 1. The van der Waals surface area contributed by atoms with Gasteiger partial charge in [-0.15, -0.1) is 0 Å². The Bertz CT molecular complexity index is 1870.